The number of aromatic nitrogens is 2. The van der Waals surface area contributed by atoms with Crippen LogP contribution in [-0.2, 0) is 0 Å². The molecule has 0 radical (unpaired) electrons. The molecule has 1 rings (SSSR count). The number of nitrogens with zero attached hydrogens (tertiary/aromatic N) is 2. The van der Waals surface area contributed by atoms with Crippen LogP contribution in [0.4, 0.5) is 0 Å². The summed E-state index contributed by atoms with van der Waals surface area (Å²) in [5.41, 5.74) is 0. The molecule has 0 saturated carbocycles. The van der Waals surface area contributed by atoms with Gasteiger partial charge in [0.25, 0.3) is 0 Å². The quantitative estimate of drug-likeness (QED) is 0.675. The molecular formula is C8H14N2S. The maximum Gasteiger partial charge on any atom is 0.121 e. The second-order valence-corrected chi connectivity index (χ2v) is 3.74. The summed E-state index contributed by atoms with van der Waals surface area (Å²) in [5, 5.41) is 0.215. The minimum absolute atomic E-state index is 0.215. The van der Waals surface area contributed by atoms with Gasteiger partial charge in [-0.25, -0.2) is 4.98 Å². The van der Waals surface area contributed by atoms with Crippen LogP contribution in [0.1, 0.15) is 37.9 Å². The SMILES string of the molecule is CC(C)n1ccnc1[C@@H](C)S. The number of hydrogen-bond donors (Lipinski definition) is 1. The molecule has 0 amide bonds. The Kier molecular flexibility index (Phi) is 2.60. The Balaban J connectivity index is 2.96. The van der Waals surface area contributed by atoms with E-state index >= 15 is 0 Å². The van der Waals surface area contributed by atoms with Crippen molar-refractivity contribution in [3.63, 3.8) is 0 Å². The number of imidazole rings is 1. The van der Waals surface area contributed by atoms with Crippen LogP contribution >= 0.6 is 12.6 Å². The third kappa shape index (κ3) is 1.77. The highest BCUT2D eigenvalue weighted by Crippen LogP contribution is 2.19. The zero-order chi connectivity index (χ0) is 8.43. The molecule has 0 N–H and O–H groups in total. The van der Waals surface area contributed by atoms with Gasteiger partial charge < -0.3 is 4.57 Å². The molecule has 0 aliphatic carbocycles. The predicted octanol–water partition coefficient (Wildman–Crippen LogP) is 2.45. The molecule has 0 aliphatic rings. The minimum Gasteiger partial charge on any atom is -0.332 e. The number of rotatable bonds is 2. The van der Waals surface area contributed by atoms with Crippen LogP contribution in [0.5, 0.6) is 0 Å². The highest BCUT2D eigenvalue weighted by Gasteiger charge is 2.08. The van der Waals surface area contributed by atoms with E-state index in [1.807, 2.05) is 19.3 Å². The van der Waals surface area contributed by atoms with Gasteiger partial charge in [-0.05, 0) is 20.8 Å². The fourth-order valence-electron chi connectivity index (χ4n) is 1.08. The molecule has 0 saturated heterocycles. The smallest absolute Gasteiger partial charge is 0.121 e. The van der Waals surface area contributed by atoms with Crippen LogP contribution in [0.25, 0.3) is 0 Å². The summed E-state index contributed by atoms with van der Waals surface area (Å²) in [5.74, 6) is 1.04. The van der Waals surface area contributed by atoms with E-state index in [0.717, 1.165) is 5.82 Å². The Morgan fingerprint density at radius 1 is 1.45 bits per heavy atom. The Morgan fingerprint density at radius 2 is 2.09 bits per heavy atom. The van der Waals surface area contributed by atoms with Crippen LogP contribution < -0.4 is 0 Å². The van der Waals surface area contributed by atoms with Crippen molar-refractivity contribution in [2.24, 2.45) is 0 Å². The molecular weight excluding hydrogens is 156 g/mol. The minimum atomic E-state index is 0.215. The second kappa shape index (κ2) is 3.30. The van der Waals surface area contributed by atoms with E-state index in [0.29, 0.717) is 6.04 Å². The van der Waals surface area contributed by atoms with E-state index in [2.05, 4.69) is 36.0 Å². The van der Waals surface area contributed by atoms with E-state index in [4.69, 9.17) is 0 Å². The zero-order valence-electron chi connectivity index (χ0n) is 7.15. The van der Waals surface area contributed by atoms with Crippen LogP contribution in [0.2, 0.25) is 0 Å². The second-order valence-electron chi connectivity index (χ2n) is 2.96. The standard InChI is InChI=1S/C8H14N2S/c1-6(2)10-5-4-9-8(10)7(3)11/h4-7,11H,1-3H3/t7-/m1/s1. The van der Waals surface area contributed by atoms with Crippen molar-refractivity contribution in [1.29, 1.82) is 0 Å². The lowest BCUT2D eigenvalue weighted by Gasteiger charge is -2.12. The molecule has 0 unspecified atom stereocenters. The molecule has 1 heterocycles. The zero-order valence-corrected chi connectivity index (χ0v) is 8.05. The third-order valence-corrected chi connectivity index (χ3v) is 1.86. The summed E-state index contributed by atoms with van der Waals surface area (Å²) in [6.07, 6.45) is 3.81. The van der Waals surface area contributed by atoms with Crippen LogP contribution in [0.15, 0.2) is 12.4 Å². The molecule has 1 atom stereocenters. The van der Waals surface area contributed by atoms with Gasteiger partial charge in [-0.1, -0.05) is 0 Å². The first-order chi connectivity index (χ1) is 5.13. The maximum atomic E-state index is 4.33. The fraction of sp³-hybridized carbons (Fsp3) is 0.625. The molecule has 1 aromatic rings. The van der Waals surface area contributed by atoms with Crippen molar-refractivity contribution < 1.29 is 0 Å². The van der Waals surface area contributed by atoms with Crippen LogP contribution in [0, 0.1) is 0 Å². The fourth-order valence-corrected chi connectivity index (χ4v) is 1.28. The molecule has 0 fully saturated rings. The summed E-state index contributed by atoms with van der Waals surface area (Å²) in [6.45, 7) is 6.31. The largest absolute Gasteiger partial charge is 0.332 e. The molecule has 11 heavy (non-hydrogen) atoms. The molecule has 3 heteroatoms. The van der Waals surface area contributed by atoms with Gasteiger partial charge in [-0.2, -0.15) is 12.6 Å². The normalized spacial score (nSPS) is 13.9. The summed E-state index contributed by atoms with van der Waals surface area (Å²) >= 11 is 4.33. The first-order valence-electron chi connectivity index (χ1n) is 3.83. The van der Waals surface area contributed by atoms with Crippen molar-refractivity contribution in [3.05, 3.63) is 18.2 Å². The van der Waals surface area contributed by atoms with Crippen molar-refractivity contribution in [2.45, 2.75) is 32.1 Å². The molecule has 2 nitrogen and oxygen atoms in total. The monoisotopic (exact) mass is 170 g/mol. The molecule has 0 aliphatic heterocycles. The Morgan fingerprint density at radius 3 is 2.45 bits per heavy atom. The average molecular weight is 170 g/mol. The molecule has 0 spiro atoms. The van der Waals surface area contributed by atoms with Gasteiger partial charge in [0.05, 0.1) is 5.25 Å². The lowest BCUT2D eigenvalue weighted by Crippen LogP contribution is -2.05. The molecule has 0 aromatic carbocycles. The van der Waals surface area contributed by atoms with Gasteiger partial charge >= 0.3 is 0 Å². The topological polar surface area (TPSA) is 17.8 Å². The molecule has 0 bridgehead atoms. The summed E-state index contributed by atoms with van der Waals surface area (Å²) in [6, 6.07) is 0.474. The Bertz CT molecular complexity index is 205. The predicted molar refractivity (Wildman–Crippen MR) is 50.0 cm³/mol. The van der Waals surface area contributed by atoms with Gasteiger partial charge in [-0.15, -0.1) is 0 Å². The van der Waals surface area contributed by atoms with Gasteiger partial charge in [-0.3, -0.25) is 0 Å². The van der Waals surface area contributed by atoms with Crippen molar-refractivity contribution in [2.75, 3.05) is 0 Å². The van der Waals surface area contributed by atoms with Gasteiger partial charge in [0, 0.05) is 18.4 Å². The van der Waals surface area contributed by atoms with Gasteiger partial charge in [0.1, 0.15) is 5.82 Å². The Labute approximate surface area is 73.0 Å². The number of thiol groups is 1. The van der Waals surface area contributed by atoms with Crippen LogP contribution in [-0.4, -0.2) is 9.55 Å². The molecule has 62 valence electrons. The molecule has 1 aromatic heterocycles. The van der Waals surface area contributed by atoms with E-state index in [1.54, 1.807) is 0 Å². The first-order valence-corrected chi connectivity index (χ1v) is 4.35. The van der Waals surface area contributed by atoms with E-state index < -0.39 is 0 Å². The third-order valence-electron chi connectivity index (χ3n) is 1.63. The lowest BCUT2D eigenvalue weighted by atomic mass is 10.3. The van der Waals surface area contributed by atoms with Gasteiger partial charge in [0.15, 0.2) is 0 Å². The van der Waals surface area contributed by atoms with E-state index in [9.17, 15) is 0 Å². The van der Waals surface area contributed by atoms with Crippen molar-refractivity contribution in [3.8, 4) is 0 Å². The lowest BCUT2D eigenvalue weighted by molar-refractivity contribution is 0.570. The average Bonchev–Trinajstić information content (AvgIpc) is 2.32. The highest BCUT2D eigenvalue weighted by molar-refractivity contribution is 7.80. The van der Waals surface area contributed by atoms with Crippen molar-refractivity contribution >= 4 is 12.6 Å². The Hall–Kier alpha value is -0.440. The van der Waals surface area contributed by atoms with Gasteiger partial charge in [0.2, 0.25) is 0 Å². The number of hydrogen-bond acceptors (Lipinski definition) is 2. The van der Waals surface area contributed by atoms with Crippen LogP contribution in [0.3, 0.4) is 0 Å². The van der Waals surface area contributed by atoms with E-state index in [1.165, 1.54) is 0 Å². The highest BCUT2D eigenvalue weighted by atomic mass is 32.1. The summed E-state index contributed by atoms with van der Waals surface area (Å²) < 4.78 is 2.14. The van der Waals surface area contributed by atoms with Crippen molar-refractivity contribution in [1.82, 2.24) is 9.55 Å². The maximum absolute atomic E-state index is 4.33. The summed E-state index contributed by atoms with van der Waals surface area (Å²) in [7, 11) is 0. The summed E-state index contributed by atoms with van der Waals surface area (Å²) in [4.78, 5) is 4.22. The first kappa shape index (κ1) is 8.65. The van der Waals surface area contributed by atoms with E-state index in [-0.39, 0.29) is 5.25 Å².